The Morgan fingerprint density at radius 2 is 2.00 bits per heavy atom. The number of nitrogens with zero attached hydrogens (tertiary/aromatic N) is 1. The van der Waals surface area contributed by atoms with Crippen molar-refractivity contribution >= 4 is 46.6 Å². The SMILES string of the molecule is Cc1ccc(C)c2c1=CC(CCNC(=S)Nc1cccc(Cl)c1)C(=O)N=2. The van der Waals surface area contributed by atoms with Gasteiger partial charge in [-0.05, 0) is 61.8 Å². The Balaban J connectivity index is 1.61. The van der Waals surface area contributed by atoms with Crippen LogP contribution in [-0.4, -0.2) is 17.6 Å². The number of amides is 1. The highest BCUT2D eigenvalue weighted by Crippen LogP contribution is 2.15. The molecule has 0 fully saturated rings. The minimum atomic E-state index is -0.232. The van der Waals surface area contributed by atoms with Gasteiger partial charge in [0.15, 0.2) is 5.11 Å². The Labute approximate surface area is 163 Å². The van der Waals surface area contributed by atoms with Crippen molar-refractivity contribution in [2.75, 3.05) is 11.9 Å². The van der Waals surface area contributed by atoms with Crippen LogP contribution in [0.15, 0.2) is 41.4 Å². The van der Waals surface area contributed by atoms with Gasteiger partial charge in [-0.15, -0.1) is 0 Å². The Kier molecular flexibility index (Phi) is 5.69. The van der Waals surface area contributed by atoms with E-state index < -0.39 is 0 Å². The molecular weight excluding hydrogens is 366 g/mol. The third-order valence-electron chi connectivity index (χ3n) is 4.37. The molecule has 1 heterocycles. The van der Waals surface area contributed by atoms with Crippen LogP contribution in [0.2, 0.25) is 5.02 Å². The Morgan fingerprint density at radius 3 is 2.77 bits per heavy atom. The number of hydrogen-bond donors (Lipinski definition) is 2. The van der Waals surface area contributed by atoms with Crippen molar-refractivity contribution in [2.24, 2.45) is 10.9 Å². The van der Waals surface area contributed by atoms with Crippen LogP contribution in [0.3, 0.4) is 0 Å². The molecule has 2 aromatic rings. The van der Waals surface area contributed by atoms with Crippen LogP contribution in [-0.2, 0) is 4.79 Å². The van der Waals surface area contributed by atoms with E-state index in [4.69, 9.17) is 23.8 Å². The molecule has 6 heteroatoms. The fourth-order valence-electron chi connectivity index (χ4n) is 2.93. The van der Waals surface area contributed by atoms with Gasteiger partial charge in [0.25, 0.3) is 5.91 Å². The molecule has 1 aliphatic rings. The first-order valence-corrected chi connectivity index (χ1v) is 9.24. The number of hydrogen-bond acceptors (Lipinski definition) is 2. The first-order chi connectivity index (χ1) is 12.4. The lowest BCUT2D eigenvalue weighted by molar-refractivity contribution is -0.120. The number of rotatable bonds is 4. The van der Waals surface area contributed by atoms with Crippen molar-refractivity contribution < 1.29 is 4.79 Å². The number of aryl methyl sites for hydroxylation is 2. The van der Waals surface area contributed by atoms with E-state index in [1.54, 1.807) is 12.1 Å². The molecule has 0 saturated carbocycles. The number of anilines is 1. The van der Waals surface area contributed by atoms with E-state index in [0.29, 0.717) is 23.1 Å². The highest BCUT2D eigenvalue weighted by Gasteiger charge is 2.19. The number of carbonyl (C=O) groups is 1. The summed E-state index contributed by atoms with van der Waals surface area (Å²) in [5.41, 5.74) is 2.99. The van der Waals surface area contributed by atoms with Crippen molar-refractivity contribution in [3.8, 4) is 0 Å². The van der Waals surface area contributed by atoms with Gasteiger partial charge >= 0.3 is 0 Å². The first-order valence-electron chi connectivity index (χ1n) is 8.45. The second-order valence-corrected chi connectivity index (χ2v) is 7.21. The molecule has 3 rings (SSSR count). The molecule has 1 atom stereocenters. The van der Waals surface area contributed by atoms with Crippen molar-refractivity contribution in [1.82, 2.24) is 5.32 Å². The summed E-state index contributed by atoms with van der Waals surface area (Å²) >= 11 is 11.3. The lowest BCUT2D eigenvalue weighted by atomic mass is 9.97. The molecule has 0 aliphatic carbocycles. The molecule has 26 heavy (non-hydrogen) atoms. The molecule has 0 aromatic heterocycles. The van der Waals surface area contributed by atoms with Crippen LogP contribution >= 0.6 is 23.8 Å². The zero-order chi connectivity index (χ0) is 18.7. The summed E-state index contributed by atoms with van der Waals surface area (Å²) in [5, 5.41) is 9.22. The number of fused-ring (bicyclic) bond motifs is 1. The molecule has 2 N–H and O–H groups in total. The molecule has 0 spiro atoms. The standard InChI is InChI=1S/C20H20ClN3OS/c1-12-6-7-13(2)18-17(12)10-14(19(25)24-18)8-9-22-20(26)23-16-5-3-4-15(21)11-16/h3-7,10-11,14H,8-9H2,1-2H3,(H2,22,23,26). The summed E-state index contributed by atoms with van der Waals surface area (Å²) in [6, 6.07) is 11.4. The Hall–Kier alpha value is -2.24. The van der Waals surface area contributed by atoms with Gasteiger partial charge in [-0.1, -0.05) is 35.9 Å². The van der Waals surface area contributed by atoms with Crippen LogP contribution in [0.25, 0.3) is 6.08 Å². The molecule has 134 valence electrons. The van der Waals surface area contributed by atoms with Gasteiger partial charge < -0.3 is 10.6 Å². The molecule has 2 aromatic carbocycles. The summed E-state index contributed by atoms with van der Waals surface area (Å²) in [7, 11) is 0. The third kappa shape index (κ3) is 4.29. The van der Waals surface area contributed by atoms with Crippen molar-refractivity contribution in [3.05, 3.63) is 63.1 Å². The van der Waals surface area contributed by atoms with E-state index in [9.17, 15) is 4.79 Å². The Morgan fingerprint density at radius 1 is 1.23 bits per heavy atom. The van der Waals surface area contributed by atoms with E-state index in [2.05, 4.69) is 21.7 Å². The summed E-state index contributed by atoms with van der Waals surface area (Å²) in [6.07, 6.45) is 2.66. The van der Waals surface area contributed by atoms with Gasteiger partial charge in [-0.2, -0.15) is 0 Å². The topological polar surface area (TPSA) is 53.5 Å². The maximum atomic E-state index is 12.3. The number of nitrogens with one attached hydrogen (secondary N) is 2. The Bertz CT molecular complexity index is 987. The fourth-order valence-corrected chi connectivity index (χ4v) is 3.34. The van der Waals surface area contributed by atoms with Crippen LogP contribution in [0.5, 0.6) is 0 Å². The normalized spacial score (nSPS) is 15.5. The second kappa shape index (κ2) is 7.98. The van der Waals surface area contributed by atoms with E-state index in [1.807, 2.05) is 38.1 Å². The van der Waals surface area contributed by atoms with Crippen LogP contribution in [0.1, 0.15) is 17.5 Å². The molecule has 1 amide bonds. The predicted octanol–water partition coefficient (Wildman–Crippen LogP) is 2.89. The van der Waals surface area contributed by atoms with Gasteiger partial charge in [0, 0.05) is 22.5 Å². The molecule has 0 saturated heterocycles. The van der Waals surface area contributed by atoms with Crippen molar-refractivity contribution in [2.45, 2.75) is 20.3 Å². The predicted molar refractivity (Wildman–Crippen MR) is 110 cm³/mol. The lowest BCUT2D eigenvalue weighted by Gasteiger charge is -2.15. The zero-order valence-corrected chi connectivity index (χ0v) is 16.2. The van der Waals surface area contributed by atoms with Crippen molar-refractivity contribution in [1.29, 1.82) is 0 Å². The van der Waals surface area contributed by atoms with Gasteiger partial charge in [-0.3, -0.25) is 4.79 Å². The monoisotopic (exact) mass is 385 g/mol. The minimum absolute atomic E-state index is 0.0956. The molecule has 0 bridgehead atoms. The molecule has 4 nitrogen and oxygen atoms in total. The maximum Gasteiger partial charge on any atom is 0.253 e. The van der Waals surface area contributed by atoms with E-state index in [0.717, 1.165) is 27.4 Å². The summed E-state index contributed by atoms with van der Waals surface area (Å²) < 4.78 is 0. The highest BCUT2D eigenvalue weighted by atomic mass is 35.5. The first kappa shape index (κ1) is 18.5. The van der Waals surface area contributed by atoms with Gasteiger partial charge in [-0.25, -0.2) is 4.99 Å². The van der Waals surface area contributed by atoms with Crippen LogP contribution < -0.4 is 21.2 Å². The number of thiocarbonyl (C=S) groups is 1. The zero-order valence-electron chi connectivity index (χ0n) is 14.7. The van der Waals surface area contributed by atoms with E-state index >= 15 is 0 Å². The van der Waals surface area contributed by atoms with Gasteiger partial charge in [0.05, 0.1) is 11.3 Å². The largest absolute Gasteiger partial charge is 0.362 e. The van der Waals surface area contributed by atoms with E-state index in [-0.39, 0.29) is 11.8 Å². The molecule has 0 radical (unpaired) electrons. The van der Waals surface area contributed by atoms with Crippen molar-refractivity contribution in [3.63, 3.8) is 0 Å². The molecular formula is C20H20ClN3OS. The average molecular weight is 386 g/mol. The maximum absolute atomic E-state index is 12.3. The minimum Gasteiger partial charge on any atom is -0.362 e. The summed E-state index contributed by atoms with van der Waals surface area (Å²) in [4.78, 5) is 16.6. The quantitative estimate of drug-likeness (QED) is 0.794. The summed E-state index contributed by atoms with van der Waals surface area (Å²) in [6.45, 7) is 4.60. The number of carbonyl (C=O) groups excluding carboxylic acids is 1. The smallest absolute Gasteiger partial charge is 0.253 e. The van der Waals surface area contributed by atoms with E-state index in [1.165, 1.54) is 0 Å². The second-order valence-electron chi connectivity index (χ2n) is 6.36. The number of benzene rings is 2. The third-order valence-corrected chi connectivity index (χ3v) is 4.85. The average Bonchev–Trinajstić information content (AvgIpc) is 2.59. The summed E-state index contributed by atoms with van der Waals surface area (Å²) in [5.74, 6) is -0.328. The highest BCUT2D eigenvalue weighted by molar-refractivity contribution is 7.80. The lowest BCUT2D eigenvalue weighted by Crippen LogP contribution is -2.38. The van der Waals surface area contributed by atoms with Crippen LogP contribution in [0, 0.1) is 19.8 Å². The molecule has 1 aliphatic heterocycles. The van der Waals surface area contributed by atoms with Crippen LogP contribution in [0.4, 0.5) is 5.69 Å². The van der Waals surface area contributed by atoms with Gasteiger partial charge in [0.1, 0.15) is 0 Å². The van der Waals surface area contributed by atoms with Gasteiger partial charge in [0.2, 0.25) is 0 Å². The fraction of sp³-hybridized carbons (Fsp3) is 0.250. The molecule has 1 unspecified atom stereocenters. The number of halogens is 1.